The van der Waals surface area contributed by atoms with Crippen LogP contribution in [0.4, 0.5) is 0 Å². The third kappa shape index (κ3) is 3.47. The van der Waals surface area contributed by atoms with Gasteiger partial charge in [-0.15, -0.1) is 0 Å². The van der Waals surface area contributed by atoms with Gasteiger partial charge in [-0.3, -0.25) is 4.79 Å². The molecule has 0 spiro atoms. The van der Waals surface area contributed by atoms with Crippen molar-refractivity contribution in [1.29, 1.82) is 0 Å². The number of benzene rings is 1. The maximum atomic E-state index is 12.3. The second-order valence-electron chi connectivity index (χ2n) is 4.99. The van der Waals surface area contributed by atoms with Crippen molar-refractivity contribution in [3.8, 4) is 5.75 Å². The molecule has 0 atom stereocenters. The van der Waals surface area contributed by atoms with Crippen molar-refractivity contribution in [2.75, 3.05) is 20.2 Å². The first-order valence-electron chi connectivity index (χ1n) is 6.87. The van der Waals surface area contributed by atoms with Crippen LogP contribution in [0.3, 0.4) is 0 Å². The Kier molecular flexibility index (Phi) is 4.80. The van der Waals surface area contributed by atoms with E-state index in [2.05, 4.69) is 0 Å². The van der Waals surface area contributed by atoms with E-state index in [0.717, 1.165) is 24.2 Å². The number of amides is 1. The number of rotatable bonds is 6. The van der Waals surface area contributed by atoms with E-state index in [1.165, 1.54) is 6.42 Å². The number of ether oxygens (including phenoxy) is 1. The minimum Gasteiger partial charge on any atom is -0.497 e. The lowest BCUT2D eigenvalue weighted by Gasteiger charge is -2.37. The molecule has 0 unspecified atom stereocenters. The normalized spacial score (nSPS) is 14.8. The zero-order chi connectivity index (χ0) is 13.7. The Bertz CT molecular complexity index is 413. The topological polar surface area (TPSA) is 55.6 Å². The summed E-state index contributed by atoms with van der Waals surface area (Å²) in [7, 11) is 1.64. The molecule has 1 aliphatic rings. The first kappa shape index (κ1) is 13.9. The van der Waals surface area contributed by atoms with E-state index < -0.39 is 0 Å². The highest BCUT2D eigenvalue weighted by molar-refractivity contribution is 5.79. The fourth-order valence-electron chi connectivity index (χ4n) is 2.37. The largest absolute Gasteiger partial charge is 0.497 e. The average Bonchev–Trinajstić information content (AvgIpc) is 2.37. The highest BCUT2D eigenvalue weighted by Crippen LogP contribution is 2.25. The summed E-state index contributed by atoms with van der Waals surface area (Å²) in [5.41, 5.74) is 6.63. The van der Waals surface area contributed by atoms with E-state index in [-0.39, 0.29) is 5.91 Å². The molecule has 1 aromatic rings. The number of hydrogen-bond donors (Lipinski definition) is 1. The van der Waals surface area contributed by atoms with E-state index in [9.17, 15) is 4.79 Å². The molecule has 1 amide bonds. The van der Waals surface area contributed by atoms with Crippen molar-refractivity contribution in [3.63, 3.8) is 0 Å². The Labute approximate surface area is 114 Å². The molecule has 1 aliphatic carbocycles. The van der Waals surface area contributed by atoms with Crippen LogP contribution in [0.25, 0.3) is 0 Å². The van der Waals surface area contributed by atoms with Crippen molar-refractivity contribution in [2.45, 2.75) is 31.7 Å². The Morgan fingerprint density at radius 3 is 2.53 bits per heavy atom. The van der Waals surface area contributed by atoms with Crippen LogP contribution >= 0.6 is 0 Å². The summed E-state index contributed by atoms with van der Waals surface area (Å²) < 4.78 is 5.11. The number of nitrogens with two attached hydrogens (primary N) is 1. The Hall–Kier alpha value is -1.55. The molecule has 0 aliphatic heterocycles. The van der Waals surface area contributed by atoms with Gasteiger partial charge in [-0.1, -0.05) is 12.1 Å². The summed E-state index contributed by atoms with van der Waals surface area (Å²) in [4.78, 5) is 14.3. The molecule has 104 valence electrons. The van der Waals surface area contributed by atoms with Gasteiger partial charge in [-0.25, -0.2) is 0 Å². The predicted molar refractivity (Wildman–Crippen MR) is 75.1 cm³/mol. The summed E-state index contributed by atoms with van der Waals surface area (Å²) >= 11 is 0. The fourth-order valence-corrected chi connectivity index (χ4v) is 2.37. The molecule has 19 heavy (non-hydrogen) atoms. The lowest BCUT2D eigenvalue weighted by Crippen LogP contribution is -2.47. The summed E-state index contributed by atoms with van der Waals surface area (Å²) in [6, 6.07) is 8.07. The molecule has 0 heterocycles. The fraction of sp³-hybridized carbons (Fsp3) is 0.533. The number of carbonyl (C=O) groups excluding carboxylic acids is 1. The smallest absolute Gasteiger partial charge is 0.227 e. The quantitative estimate of drug-likeness (QED) is 0.846. The maximum absolute atomic E-state index is 12.3. The SMILES string of the molecule is COc1ccc(CC(=O)N(CCN)C2CCC2)cc1. The van der Waals surface area contributed by atoms with Crippen LogP contribution in [-0.4, -0.2) is 37.0 Å². The van der Waals surface area contributed by atoms with Gasteiger partial charge < -0.3 is 15.4 Å². The van der Waals surface area contributed by atoms with Crippen molar-refractivity contribution in [1.82, 2.24) is 4.90 Å². The second kappa shape index (κ2) is 6.57. The van der Waals surface area contributed by atoms with Crippen LogP contribution in [0.2, 0.25) is 0 Å². The van der Waals surface area contributed by atoms with Crippen molar-refractivity contribution >= 4 is 5.91 Å². The van der Waals surface area contributed by atoms with E-state index in [1.807, 2.05) is 29.2 Å². The van der Waals surface area contributed by atoms with Gasteiger partial charge >= 0.3 is 0 Å². The molecular formula is C15H22N2O2. The minimum absolute atomic E-state index is 0.181. The van der Waals surface area contributed by atoms with Gasteiger partial charge in [0.1, 0.15) is 5.75 Å². The maximum Gasteiger partial charge on any atom is 0.227 e. The van der Waals surface area contributed by atoms with Crippen molar-refractivity contribution in [2.24, 2.45) is 5.73 Å². The average molecular weight is 262 g/mol. The molecular weight excluding hydrogens is 240 g/mol. The molecule has 2 N–H and O–H groups in total. The Morgan fingerprint density at radius 1 is 1.37 bits per heavy atom. The molecule has 1 aromatic carbocycles. The van der Waals surface area contributed by atoms with Crippen LogP contribution in [-0.2, 0) is 11.2 Å². The summed E-state index contributed by atoms with van der Waals surface area (Å²) in [5, 5.41) is 0. The zero-order valence-corrected chi connectivity index (χ0v) is 11.5. The number of carbonyl (C=O) groups is 1. The van der Waals surface area contributed by atoms with Gasteiger partial charge in [-0.2, -0.15) is 0 Å². The molecule has 4 heteroatoms. The monoisotopic (exact) mass is 262 g/mol. The molecule has 0 aromatic heterocycles. The Balaban J connectivity index is 1.96. The highest BCUT2D eigenvalue weighted by atomic mass is 16.5. The molecule has 0 radical (unpaired) electrons. The lowest BCUT2D eigenvalue weighted by molar-refractivity contribution is -0.134. The lowest BCUT2D eigenvalue weighted by atomic mass is 9.91. The standard InChI is InChI=1S/C15H22N2O2/c1-19-14-7-5-12(6-8-14)11-15(18)17(10-9-16)13-3-2-4-13/h5-8,13H,2-4,9-11,16H2,1H3. The van der Waals surface area contributed by atoms with Gasteiger partial charge in [0.15, 0.2) is 0 Å². The van der Waals surface area contributed by atoms with Crippen molar-refractivity contribution < 1.29 is 9.53 Å². The summed E-state index contributed by atoms with van der Waals surface area (Å²) in [6.07, 6.45) is 3.91. The van der Waals surface area contributed by atoms with Crippen LogP contribution in [0, 0.1) is 0 Å². The summed E-state index contributed by atoms with van der Waals surface area (Å²) in [5.74, 6) is 0.995. The molecule has 2 rings (SSSR count). The third-order valence-corrected chi connectivity index (χ3v) is 3.72. The van der Waals surface area contributed by atoms with Crippen LogP contribution < -0.4 is 10.5 Å². The van der Waals surface area contributed by atoms with Gasteiger partial charge in [0.25, 0.3) is 0 Å². The van der Waals surface area contributed by atoms with Gasteiger partial charge in [0.2, 0.25) is 5.91 Å². The number of hydrogen-bond acceptors (Lipinski definition) is 3. The third-order valence-electron chi connectivity index (χ3n) is 3.72. The second-order valence-corrected chi connectivity index (χ2v) is 4.99. The number of nitrogens with zero attached hydrogens (tertiary/aromatic N) is 1. The van der Waals surface area contributed by atoms with Crippen LogP contribution in [0.15, 0.2) is 24.3 Å². The van der Waals surface area contributed by atoms with Crippen molar-refractivity contribution in [3.05, 3.63) is 29.8 Å². The van der Waals surface area contributed by atoms with E-state index in [4.69, 9.17) is 10.5 Å². The summed E-state index contributed by atoms with van der Waals surface area (Å²) in [6.45, 7) is 1.20. The molecule has 4 nitrogen and oxygen atoms in total. The van der Waals surface area contributed by atoms with E-state index in [0.29, 0.717) is 25.6 Å². The van der Waals surface area contributed by atoms with Gasteiger partial charge in [0, 0.05) is 19.1 Å². The van der Waals surface area contributed by atoms with E-state index in [1.54, 1.807) is 7.11 Å². The minimum atomic E-state index is 0.181. The molecule has 1 fully saturated rings. The van der Waals surface area contributed by atoms with Gasteiger partial charge in [0.05, 0.1) is 13.5 Å². The molecule has 0 bridgehead atoms. The Morgan fingerprint density at radius 2 is 2.05 bits per heavy atom. The first-order chi connectivity index (χ1) is 9.24. The molecule has 1 saturated carbocycles. The predicted octanol–water partition coefficient (Wildman–Crippen LogP) is 1.58. The highest BCUT2D eigenvalue weighted by Gasteiger charge is 2.27. The molecule has 0 saturated heterocycles. The van der Waals surface area contributed by atoms with Crippen LogP contribution in [0.5, 0.6) is 5.75 Å². The van der Waals surface area contributed by atoms with E-state index >= 15 is 0 Å². The number of methoxy groups -OCH3 is 1. The van der Waals surface area contributed by atoms with Gasteiger partial charge in [-0.05, 0) is 37.0 Å². The zero-order valence-electron chi connectivity index (χ0n) is 11.5. The van der Waals surface area contributed by atoms with Crippen LogP contribution in [0.1, 0.15) is 24.8 Å². The first-order valence-corrected chi connectivity index (χ1v) is 6.87.